The van der Waals surface area contributed by atoms with Crippen LogP contribution in [0.3, 0.4) is 0 Å². The minimum absolute atomic E-state index is 0.00880. The van der Waals surface area contributed by atoms with Gasteiger partial charge in [0.2, 0.25) is 11.9 Å². The number of carboxylic acid groups (broad SMARTS) is 1. The largest absolute Gasteiger partial charge is 0.490 e. The lowest BCUT2D eigenvalue weighted by Crippen LogP contribution is -2.42. The molecule has 6 aromatic rings. The summed E-state index contributed by atoms with van der Waals surface area (Å²) in [5.74, 6) is -2.09. The third-order valence-corrected chi connectivity index (χ3v) is 11.9. The number of rotatable bonds is 12. The first-order valence-electron chi connectivity index (χ1n) is 19.9. The average Bonchev–Trinajstić information content (AvgIpc) is 4.10. The maximum atomic E-state index is 13.4. The van der Waals surface area contributed by atoms with Crippen LogP contribution in [0.4, 0.5) is 24.9 Å². The molecule has 0 spiro atoms. The number of hydrogen-bond donors (Lipinski definition) is 6. The minimum Gasteiger partial charge on any atom is -0.475 e. The van der Waals surface area contributed by atoms with Crippen molar-refractivity contribution < 1.29 is 42.9 Å². The lowest BCUT2D eigenvalue weighted by molar-refractivity contribution is -0.192. The number of aliphatic carboxylic acids is 1. The number of amides is 2. The SMILES string of the molecule is CCC(=O)N[C@H]1C[C@@H](n2cnc3c(NCC(c4ccccc4)c4ccccc4)nc(N4CC[C@@H](NC(=O)c5ccc(-c6ccccn6)s5)C4)nc32)[C@H](O)[C@@H]1O.O=C(O)C(F)(F)F. The molecule has 8 rings (SSSR count). The van der Waals surface area contributed by atoms with Gasteiger partial charge in [0.05, 0.1) is 33.9 Å². The molecule has 62 heavy (non-hydrogen) atoms. The van der Waals surface area contributed by atoms with E-state index in [4.69, 9.17) is 24.9 Å². The van der Waals surface area contributed by atoms with Crippen LogP contribution in [0.1, 0.15) is 58.9 Å². The van der Waals surface area contributed by atoms with Crippen molar-refractivity contribution in [3.8, 4) is 10.6 Å². The molecule has 2 fully saturated rings. The zero-order chi connectivity index (χ0) is 44.0. The zero-order valence-electron chi connectivity index (χ0n) is 33.3. The number of benzene rings is 2. The van der Waals surface area contributed by atoms with Gasteiger partial charge in [0, 0.05) is 44.2 Å². The molecular weight excluding hydrogens is 828 g/mol. The van der Waals surface area contributed by atoms with E-state index < -0.39 is 36.4 Å². The Morgan fingerprint density at radius 1 is 0.887 bits per heavy atom. The van der Waals surface area contributed by atoms with E-state index >= 15 is 0 Å². The van der Waals surface area contributed by atoms with Crippen molar-refractivity contribution >= 4 is 52.1 Å². The Hall–Kier alpha value is -6.44. The number of halogens is 3. The first-order chi connectivity index (χ1) is 29.8. The minimum atomic E-state index is -5.08. The van der Waals surface area contributed by atoms with Gasteiger partial charge in [-0.2, -0.15) is 23.1 Å². The molecule has 0 radical (unpaired) electrons. The Labute approximate surface area is 357 Å². The number of aliphatic hydroxyl groups is 2. The van der Waals surface area contributed by atoms with Crippen molar-refractivity contribution in [3.63, 3.8) is 0 Å². The number of alkyl halides is 3. The molecule has 5 atom stereocenters. The smallest absolute Gasteiger partial charge is 0.475 e. The molecule has 0 bridgehead atoms. The highest BCUT2D eigenvalue weighted by atomic mass is 32.1. The second kappa shape index (κ2) is 19.1. The van der Waals surface area contributed by atoms with E-state index in [2.05, 4.69) is 50.1 Å². The fourth-order valence-electron chi connectivity index (χ4n) is 7.57. The summed E-state index contributed by atoms with van der Waals surface area (Å²) in [5, 5.41) is 39.0. The lowest BCUT2D eigenvalue weighted by Gasteiger charge is -2.22. The highest BCUT2D eigenvalue weighted by Crippen LogP contribution is 2.36. The lowest BCUT2D eigenvalue weighted by atomic mass is 9.91. The van der Waals surface area contributed by atoms with Crippen LogP contribution in [0.15, 0.2) is 104 Å². The molecular formula is C43H44F3N9O6S. The first kappa shape index (κ1) is 43.6. The number of hydrogen-bond acceptors (Lipinski definition) is 12. The van der Waals surface area contributed by atoms with Crippen molar-refractivity contribution in [2.45, 2.75) is 68.6 Å². The fourth-order valence-corrected chi connectivity index (χ4v) is 8.45. The highest BCUT2D eigenvalue weighted by molar-refractivity contribution is 7.17. The van der Waals surface area contributed by atoms with Crippen molar-refractivity contribution in [3.05, 3.63) is 120 Å². The molecule has 15 nitrogen and oxygen atoms in total. The van der Waals surface area contributed by atoms with Crippen molar-refractivity contribution in [1.82, 2.24) is 35.1 Å². The fraction of sp³-hybridized carbons (Fsp3) is 0.326. The van der Waals surface area contributed by atoms with Gasteiger partial charge in [0.15, 0.2) is 17.0 Å². The number of pyridine rings is 1. The summed E-state index contributed by atoms with van der Waals surface area (Å²) in [6, 6.07) is 28.7. The average molecular weight is 872 g/mol. The number of carbonyl (C=O) groups is 3. The molecule has 324 valence electrons. The molecule has 0 unspecified atom stereocenters. The van der Waals surface area contributed by atoms with Crippen molar-refractivity contribution in [2.75, 3.05) is 29.9 Å². The Balaban J connectivity index is 0.000000762. The van der Waals surface area contributed by atoms with Crippen LogP contribution in [0.25, 0.3) is 21.7 Å². The summed E-state index contributed by atoms with van der Waals surface area (Å²) in [7, 11) is 0. The summed E-state index contributed by atoms with van der Waals surface area (Å²) in [4.78, 5) is 57.3. The quantitative estimate of drug-likeness (QED) is 0.0915. The number of aromatic nitrogens is 5. The van der Waals surface area contributed by atoms with Gasteiger partial charge in [-0.05, 0) is 48.2 Å². The van der Waals surface area contributed by atoms with Gasteiger partial charge in [-0.3, -0.25) is 14.6 Å². The van der Waals surface area contributed by atoms with E-state index in [-0.39, 0.29) is 30.2 Å². The van der Waals surface area contributed by atoms with E-state index in [1.807, 2.05) is 66.7 Å². The summed E-state index contributed by atoms with van der Waals surface area (Å²) < 4.78 is 33.5. The Kier molecular flexibility index (Phi) is 13.4. The highest BCUT2D eigenvalue weighted by Gasteiger charge is 2.44. The van der Waals surface area contributed by atoms with Crippen LogP contribution in [0.2, 0.25) is 0 Å². The van der Waals surface area contributed by atoms with E-state index in [9.17, 15) is 33.0 Å². The molecule has 1 saturated carbocycles. The molecule has 19 heteroatoms. The number of anilines is 2. The van der Waals surface area contributed by atoms with Crippen LogP contribution in [0.5, 0.6) is 0 Å². The standard InChI is InChI=1S/C41H43N9O4S.C2HF3O2/c1-2-34(51)46-30-21-31(37(53)36(30)52)50-24-44-35-38(43-22-28(25-11-5-3-6-12-25)26-13-7-4-8-14-26)47-41(48-39(35)50)49-20-18-27(23-49)45-40(54)33-17-16-32(55-33)29-15-9-10-19-42-29;3-2(4,5)1(6)7/h3-17,19,24,27-28,30-31,36-37,52-53H,2,18,20-23H2,1H3,(H,45,54)(H,46,51)(H,43,47,48);(H,6,7)/t27-,30+,31-,36-,37+;/m1./s1. The summed E-state index contributed by atoms with van der Waals surface area (Å²) in [5.41, 5.74) is 4.15. The molecule has 1 aliphatic heterocycles. The Morgan fingerprint density at radius 2 is 1.56 bits per heavy atom. The maximum absolute atomic E-state index is 13.4. The number of thiophene rings is 1. The number of nitrogens with one attached hydrogen (secondary N) is 3. The second-order valence-electron chi connectivity index (χ2n) is 14.8. The van der Waals surface area contributed by atoms with Crippen molar-refractivity contribution in [2.24, 2.45) is 0 Å². The number of fused-ring (bicyclic) bond motifs is 1. The van der Waals surface area contributed by atoms with E-state index in [1.54, 1.807) is 24.0 Å². The van der Waals surface area contributed by atoms with Gasteiger partial charge in [-0.25, -0.2) is 9.78 Å². The molecule has 1 aliphatic carbocycles. The van der Waals surface area contributed by atoms with Gasteiger partial charge in [0.1, 0.15) is 12.2 Å². The number of carbonyl (C=O) groups excluding carboxylic acids is 2. The normalized spacial score (nSPS) is 19.9. The van der Waals surface area contributed by atoms with E-state index in [0.29, 0.717) is 60.3 Å². The molecule has 2 aliphatic rings. The Bertz CT molecular complexity index is 2440. The number of carboxylic acids is 1. The van der Waals surface area contributed by atoms with E-state index in [1.165, 1.54) is 11.3 Å². The predicted molar refractivity (Wildman–Crippen MR) is 226 cm³/mol. The summed E-state index contributed by atoms with van der Waals surface area (Å²) in [6.07, 6.45) is -2.76. The monoisotopic (exact) mass is 871 g/mol. The van der Waals surface area contributed by atoms with Crippen LogP contribution in [0, 0.1) is 0 Å². The zero-order valence-corrected chi connectivity index (χ0v) is 34.1. The van der Waals surface area contributed by atoms with Gasteiger partial charge < -0.3 is 40.7 Å². The van der Waals surface area contributed by atoms with Crippen LogP contribution in [-0.2, 0) is 9.59 Å². The van der Waals surface area contributed by atoms with E-state index in [0.717, 1.165) is 21.7 Å². The molecule has 6 N–H and O–H groups in total. The molecule has 2 aromatic carbocycles. The second-order valence-corrected chi connectivity index (χ2v) is 15.9. The third kappa shape index (κ3) is 10.0. The molecule has 4 aromatic heterocycles. The van der Waals surface area contributed by atoms with Gasteiger partial charge >= 0.3 is 12.1 Å². The molecule has 2 amide bonds. The van der Waals surface area contributed by atoms with Crippen LogP contribution >= 0.6 is 11.3 Å². The molecule has 1 saturated heterocycles. The van der Waals surface area contributed by atoms with Crippen LogP contribution in [-0.4, -0.2) is 108 Å². The third-order valence-electron chi connectivity index (χ3n) is 10.8. The van der Waals surface area contributed by atoms with Gasteiger partial charge in [-0.1, -0.05) is 73.7 Å². The molecule has 5 heterocycles. The van der Waals surface area contributed by atoms with Crippen molar-refractivity contribution in [1.29, 1.82) is 0 Å². The van der Waals surface area contributed by atoms with Gasteiger partial charge in [0.25, 0.3) is 5.91 Å². The number of imidazole rings is 1. The maximum Gasteiger partial charge on any atom is 0.490 e. The summed E-state index contributed by atoms with van der Waals surface area (Å²) in [6.45, 7) is 3.37. The number of nitrogens with zero attached hydrogens (tertiary/aromatic N) is 6. The number of aliphatic hydroxyl groups excluding tert-OH is 2. The van der Waals surface area contributed by atoms with Gasteiger partial charge in [-0.15, -0.1) is 11.3 Å². The van der Waals surface area contributed by atoms with Crippen LogP contribution < -0.4 is 20.9 Å². The first-order valence-corrected chi connectivity index (χ1v) is 20.7. The summed E-state index contributed by atoms with van der Waals surface area (Å²) >= 11 is 1.41. The Morgan fingerprint density at radius 3 is 2.19 bits per heavy atom. The topological polar surface area (TPSA) is 208 Å². The predicted octanol–water partition coefficient (Wildman–Crippen LogP) is 5.40.